The van der Waals surface area contributed by atoms with Gasteiger partial charge in [-0.05, 0) is 50.0 Å². The predicted octanol–water partition coefficient (Wildman–Crippen LogP) is 4.29. The summed E-state index contributed by atoms with van der Waals surface area (Å²) >= 11 is 0. The number of ketones is 1. The Morgan fingerprint density at radius 1 is 1.56 bits per heavy atom. The Hall–Kier alpha value is -0.850. The minimum atomic E-state index is 0.350. The van der Waals surface area contributed by atoms with Gasteiger partial charge in [-0.3, -0.25) is 4.79 Å². The zero-order valence-electron chi connectivity index (χ0n) is 10.9. The van der Waals surface area contributed by atoms with Crippen LogP contribution in [0.4, 0.5) is 0 Å². The molecule has 0 bridgehead atoms. The van der Waals surface area contributed by atoms with Crippen molar-refractivity contribution in [1.82, 2.24) is 0 Å². The third-order valence-corrected chi connectivity index (χ3v) is 3.73. The zero-order chi connectivity index (χ0) is 12.1. The lowest BCUT2D eigenvalue weighted by atomic mass is 9.77. The Kier molecular flexibility index (Phi) is 4.98. The molecule has 0 saturated heterocycles. The standard InChI is InChI=1S/C15H24O/c1-5-6-7-15(16)14-10-13(11(2)3)9-8-12(14)4/h5,11,13H,1,6-10H2,2-4H3. The molecule has 0 radical (unpaired) electrons. The smallest absolute Gasteiger partial charge is 0.159 e. The number of hydrogen-bond acceptors (Lipinski definition) is 1. The fourth-order valence-electron chi connectivity index (χ4n) is 2.40. The summed E-state index contributed by atoms with van der Waals surface area (Å²) < 4.78 is 0. The van der Waals surface area contributed by atoms with Gasteiger partial charge >= 0.3 is 0 Å². The van der Waals surface area contributed by atoms with Crippen molar-refractivity contribution >= 4 is 5.78 Å². The zero-order valence-corrected chi connectivity index (χ0v) is 10.9. The molecule has 1 nitrogen and oxygen atoms in total. The summed E-state index contributed by atoms with van der Waals surface area (Å²) in [5.74, 6) is 1.74. The Morgan fingerprint density at radius 3 is 2.81 bits per heavy atom. The Morgan fingerprint density at radius 2 is 2.25 bits per heavy atom. The number of Topliss-reactive ketones (excluding diaryl/α,β-unsaturated/α-hetero) is 1. The van der Waals surface area contributed by atoms with E-state index in [-0.39, 0.29) is 0 Å². The lowest BCUT2D eigenvalue weighted by Gasteiger charge is -2.28. The highest BCUT2D eigenvalue weighted by Gasteiger charge is 2.24. The van der Waals surface area contributed by atoms with E-state index in [1.807, 2.05) is 6.08 Å². The lowest BCUT2D eigenvalue weighted by Crippen LogP contribution is -2.19. The maximum Gasteiger partial charge on any atom is 0.159 e. The second kappa shape index (κ2) is 6.03. The first-order valence-electron chi connectivity index (χ1n) is 6.39. The predicted molar refractivity (Wildman–Crippen MR) is 69.3 cm³/mol. The fourth-order valence-corrected chi connectivity index (χ4v) is 2.40. The first kappa shape index (κ1) is 13.2. The molecule has 90 valence electrons. The molecule has 0 amide bonds. The first-order chi connectivity index (χ1) is 7.56. The van der Waals surface area contributed by atoms with Crippen molar-refractivity contribution in [3.8, 4) is 0 Å². The van der Waals surface area contributed by atoms with Gasteiger partial charge in [0, 0.05) is 6.42 Å². The highest BCUT2D eigenvalue weighted by Crippen LogP contribution is 2.34. The van der Waals surface area contributed by atoms with Crippen LogP contribution in [0.5, 0.6) is 0 Å². The fraction of sp³-hybridized carbons (Fsp3) is 0.667. The van der Waals surface area contributed by atoms with Crippen molar-refractivity contribution in [2.24, 2.45) is 11.8 Å². The molecular weight excluding hydrogens is 196 g/mol. The van der Waals surface area contributed by atoms with Gasteiger partial charge in [-0.25, -0.2) is 0 Å². The van der Waals surface area contributed by atoms with Gasteiger partial charge in [0.15, 0.2) is 5.78 Å². The van der Waals surface area contributed by atoms with E-state index in [1.165, 1.54) is 12.0 Å². The van der Waals surface area contributed by atoms with E-state index in [0.29, 0.717) is 24.0 Å². The molecule has 0 spiro atoms. The van der Waals surface area contributed by atoms with Crippen LogP contribution in [0.3, 0.4) is 0 Å². The number of carbonyl (C=O) groups is 1. The molecule has 0 aromatic rings. The van der Waals surface area contributed by atoms with Crippen LogP contribution in [-0.4, -0.2) is 5.78 Å². The highest BCUT2D eigenvalue weighted by atomic mass is 16.1. The van der Waals surface area contributed by atoms with Crippen LogP contribution in [0.25, 0.3) is 0 Å². The average Bonchev–Trinajstić information content (AvgIpc) is 2.26. The van der Waals surface area contributed by atoms with E-state index >= 15 is 0 Å². The minimum Gasteiger partial charge on any atom is -0.295 e. The van der Waals surface area contributed by atoms with Crippen molar-refractivity contribution in [3.05, 3.63) is 23.8 Å². The molecule has 0 aromatic heterocycles. The third-order valence-electron chi connectivity index (χ3n) is 3.73. The monoisotopic (exact) mass is 220 g/mol. The number of carbonyl (C=O) groups excluding carboxylic acids is 1. The van der Waals surface area contributed by atoms with Gasteiger partial charge < -0.3 is 0 Å². The molecule has 0 aromatic carbocycles. The van der Waals surface area contributed by atoms with Gasteiger partial charge in [-0.2, -0.15) is 0 Å². The van der Waals surface area contributed by atoms with Crippen molar-refractivity contribution in [1.29, 1.82) is 0 Å². The molecule has 1 aliphatic carbocycles. The summed E-state index contributed by atoms with van der Waals surface area (Å²) in [7, 11) is 0. The minimum absolute atomic E-state index is 0.350. The van der Waals surface area contributed by atoms with Crippen LogP contribution >= 0.6 is 0 Å². The van der Waals surface area contributed by atoms with Gasteiger partial charge in [0.05, 0.1) is 0 Å². The Bertz CT molecular complexity index is 297. The molecule has 0 aliphatic heterocycles. The van der Waals surface area contributed by atoms with Gasteiger partial charge in [-0.15, -0.1) is 6.58 Å². The summed E-state index contributed by atoms with van der Waals surface area (Å²) in [6.07, 6.45) is 6.64. The summed E-state index contributed by atoms with van der Waals surface area (Å²) in [6.45, 7) is 10.3. The molecule has 1 unspecified atom stereocenters. The molecule has 0 fully saturated rings. The molecule has 1 heteroatoms. The van der Waals surface area contributed by atoms with E-state index in [9.17, 15) is 4.79 Å². The van der Waals surface area contributed by atoms with Gasteiger partial charge in [0.25, 0.3) is 0 Å². The quantitative estimate of drug-likeness (QED) is 0.631. The molecule has 1 atom stereocenters. The average molecular weight is 220 g/mol. The van der Waals surface area contributed by atoms with Gasteiger partial charge in [0.1, 0.15) is 0 Å². The van der Waals surface area contributed by atoms with Crippen LogP contribution in [-0.2, 0) is 4.79 Å². The summed E-state index contributed by atoms with van der Waals surface area (Å²) in [6, 6.07) is 0. The van der Waals surface area contributed by atoms with Crippen molar-refractivity contribution in [2.45, 2.75) is 52.9 Å². The summed E-state index contributed by atoms with van der Waals surface area (Å²) in [5, 5.41) is 0. The number of hydrogen-bond donors (Lipinski definition) is 0. The molecular formula is C15H24O. The SMILES string of the molecule is C=CCCC(=O)C1=C(C)CCC(C(C)C)C1. The maximum atomic E-state index is 12.0. The van der Waals surface area contributed by atoms with E-state index in [4.69, 9.17) is 0 Å². The van der Waals surface area contributed by atoms with Gasteiger partial charge in [-0.1, -0.05) is 25.5 Å². The summed E-state index contributed by atoms with van der Waals surface area (Å²) in [5.41, 5.74) is 2.44. The topological polar surface area (TPSA) is 17.1 Å². The van der Waals surface area contributed by atoms with Crippen LogP contribution < -0.4 is 0 Å². The van der Waals surface area contributed by atoms with Crippen LogP contribution in [0, 0.1) is 11.8 Å². The Labute approximate surface area is 99.6 Å². The van der Waals surface area contributed by atoms with E-state index < -0.39 is 0 Å². The van der Waals surface area contributed by atoms with Crippen molar-refractivity contribution in [3.63, 3.8) is 0 Å². The molecule has 16 heavy (non-hydrogen) atoms. The summed E-state index contributed by atoms with van der Waals surface area (Å²) in [4.78, 5) is 12.0. The normalized spacial score (nSPS) is 21.4. The van der Waals surface area contributed by atoms with Crippen LogP contribution in [0.15, 0.2) is 23.8 Å². The van der Waals surface area contributed by atoms with Crippen LogP contribution in [0.2, 0.25) is 0 Å². The maximum absolute atomic E-state index is 12.0. The van der Waals surface area contributed by atoms with E-state index in [2.05, 4.69) is 27.4 Å². The molecule has 0 heterocycles. The lowest BCUT2D eigenvalue weighted by molar-refractivity contribution is -0.115. The van der Waals surface area contributed by atoms with Crippen molar-refractivity contribution < 1.29 is 4.79 Å². The van der Waals surface area contributed by atoms with E-state index in [1.54, 1.807) is 0 Å². The number of allylic oxidation sites excluding steroid dienone is 3. The highest BCUT2D eigenvalue weighted by molar-refractivity contribution is 5.96. The molecule has 0 saturated carbocycles. The first-order valence-corrected chi connectivity index (χ1v) is 6.39. The third kappa shape index (κ3) is 3.33. The van der Waals surface area contributed by atoms with Gasteiger partial charge in [0.2, 0.25) is 0 Å². The largest absolute Gasteiger partial charge is 0.295 e. The Balaban J connectivity index is 2.68. The van der Waals surface area contributed by atoms with Crippen LogP contribution in [0.1, 0.15) is 52.9 Å². The second-order valence-electron chi connectivity index (χ2n) is 5.26. The molecule has 1 aliphatic rings. The second-order valence-corrected chi connectivity index (χ2v) is 5.26. The van der Waals surface area contributed by atoms with E-state index in [0.717, 1.165) is 24.8 Å². The molecule has 0 N–H and O–H groups in total. The number of rotatable bonds is 5. The molecule has 1 rings (SSSR count). The van der Waals surface area contributed by atoms with Crippen molar-refractivity contribution in [2.75, 3.05) is 0 Å².